The number of thiazole rings is 1. The van der Waals surface area contributed by atoms with Gasteiger partial charge in [-0.2, -0.15) is 0 Å². The van der Waals surface area contributed by atoms with Crippen LogP contribution in [0.1, 0.15) is 48.9 Å². The van der Waals surface area contributed by atoms with Crippen molar-refractivity contribution in [3.8, 4) is 0 Å². The lowest BCUT2D eigenvalue weighted by Gasteiger charge is -2.33. The highest BCUT2D eigenvalue weighted by Crippen LogP contribution is 2.32. The molecule has 1 N–H and O–H groups in total. The molecule has 0 amide bonds. The molecule has 1 aliphatic carbocycles. The molecule has 2 heterocycles. The molecule has 1 aromatic rings. The summed E-state index contributed by atoms with van der Waals surface area (Å²) in [6, 6.07) is 0. The van der Waals surface area contributed by atoms with E-state index in [0.717, 1.165) is 13.0 Å². The maximum atomic E-state index is 4.58. The standard InChI is InChI=1S/C15H25N3S/c1-2-13-10-16-14(19-13)11-18-9-5-8-17-15(12-18)6-3-4-7-15/h10,17H,2-9,11-12H2,1H3. The van der Waals surface area contributed by atoms with Gasteiger partial charge in [-0.1, -0.05) is 19.8 Å². The average Bonchev–Trinajstić information content (AvgIpc) is 2.99. The van der Waals surface area contributed by atoms with Crippen LogP contribution in [0.3, 0.4) is 0 Å². The highest BCUT2D eigenvalue weighted by molar-refractivity contribution is 7.11. The van der Waals surface area contributed by atoms with Crippen molar-refractivity contribution < 1.29 is 0 Å². The van der Waals surface area contributed by atoms with Gasteiger partial charge in [-0.05, 0) is 38.8 Å². The fraction of sp³-hybridized carbons (Fsp3) is 0.800. The van der Waals surface area contributed by atoms with Crippen LogP contribution in [-0.2, 0) is 13.0 Å². The van der Waals surface area contributed by atoms with E-state index in [1.165, 1.54) is 61.6 Å². The summed E-state index contributed by atoms with van der Waals surface area (Å²) in [5, 5.41) is 5.13. The van der Waals surface area contributed by atoms with E-state index >= 15 is 0 Å². The van der Waals surface area contributed by atoms with E-state index in [4.69, 9.17) is 0 Å². The molecule has 0 aromatic carbocycles. The minimum Gasteiger partial charge on any atom is -0.310 e. The number of rotatable bonds is 3. The smallest absolute Gasteiger partial charge is 0.107 e. The second kappa shape index (κ2) is 5.90. The largest absolute Gasteiger partial charge is 0.310 e. The number of aromatic nitrogens is 1. The van der Waals surface area contributed by atoms with Gasteiger partial charge in [0, 0.05) is 23.2 Å². The van der Waals surface area contributed by atoms with Crippen LogP contribution in [0.25, 0.3) is 0 Å². The number of hydrogen-bond acceptors (Lipinski definition) is 4. The van der Waals surface area contributed by atoms with E-state index in [2.05, 4.69) is 28.3 Å². The highest BCUT2D eigenvalue weighted by atomic mass is 32.1. The van der Waals surface area contributed by atoms with Crippen molar-refractivity contribution in [3.05, 3.63) is 16.1 Å². The summed E-state index contributed by atoms with van der Waals surface area (Å²) >= 11 is 1.89. The normalized spacial score (nSPS) is 23.8. The molecule has 3 nitrogen and oxygen atoms in total. The molecule has 0 atom stereocenters. The lowest BCUT2D eigenvalue weighted by molar-refractivity contribution is 0.203. The van der Waals surface area contributed by atoms with E-state index in [-0.39, 0.29) is 0 Å². The zero-order chi connectivity index (χ0) is 13.1. The first-order chi connectivity index (χ1) is 9.30. The lowest BCUT2D eigenvalue weighted by Crippen LogP contribution is -2.49. The van der Waals surface area contributed by atoms with Gasteiger partial charge >= 0.3 is 0 Å². The molecule has 1 saturated heterocycles. The van der Waals surface area contributed by atoms with Gasteiger partial charge in [0.1, 0.15) is 5.01 Å². The van der Waals surface area contributed by atoms with Gasteiger partial charge in [-0.3, -0.25) is 4.90 Å². The Hall–Kier alpha value is -0.450. The maximum Gasteiger partial charge on any atom is 0.107 e. The van der Waals surface area contributed by atoms with Crippen molar-refractivity contribution in [2.45, 2.75) is 57.5 Å². The number of hydrogen-bond donors (Lipinski definition) is 1. The van der Waals surface area contributed by atoms with Crippen LogP contribution in [-0.4, -0.2) is 35.1 Å². The van der Waals surface area contributed by atoms with Gasteiger partial charge in [0.2, 0.25) is 0 Å². The zero-order valence-electron chi connectivity index (χ0n) is 12.0. The molecular weight excluding hydrogens is 254 g/mol. The van der Waals surface area contributed by atoms with Crippen LogP contribution in [0.5, 0.6) is 0 Å². The Labute approximate surface area is 120 Å². The summed E-state index contributed by atoms with van der Waals surface area (Å²) in [6.07, 6.45) is 9.97. The Morgan fingerprint density at radius 1 is 1.37 bits per heavy atom. The van der Waals surface area contributed by atoms with Gasteiger partial charge in [-0.25, -0.2) is 4.98 Å². The predicted octanol–water partition coefficient (Wildman–Crippen LogP) is 2.81. The molecule has 0 radical (unpaired) electrons. The minimum atomic E-state index is 0.418. The molecule has 0 unspecified atom stereocenters. The summed E-state index contributed by atoms with van der Waals surface area (Å²) in [5.41, 5.74) is 0.418. The molecule has 0 bridgehead atoms. The third-order valence-electron chi connectivity index (χ3n) is 4.55. The fourth-order valence-electron chi connectivity index (χ4n) is 3.52. The van der Waals surface area contributed by atoms with Crippen LogP contribution in [0.15, 0.2) is 6.20 Å². The average molecular weight is 279 g/mol. The van der Waals surface area contributed by atoms with Crippen LogP contribution < -0.4 is 5.32 Å². The summed E-state index contributed by atoms with van der Waals surface area (Å²) in [7, 11) is 0. The second-order valence-corrected chi connectivity index (χ2v) is 7.25. The monoisotopic (exact) mass is 279 g/mol. The lowest BCUT2D eigenvalue weighted by atomic mass is 9.97. The maximum absolute atomic E-state index is 4.58. The summed E-state index contributed by atoms with van der Waals surface area (Å²) < 4.78 is 0. The quantitative estimate of drug-likeness (QED) is 0.922. The molecule has 106 valence electrons. The Balaban J connectivity index is 1.65. The van der Waals surface area contributed by atoms with Crippen molar-refractivity contribution in [1.82, 2.24) is 15.2 Å². The number of nitrogens with one attached hydrogen (secondary N) is 1. The molecule has 1 aliphatic heterocycles. The molecule has 3 rings (SSSR count). The van der Waals surface area contributed by atoms with E-state index < -0.39 is 0 Å². The Morgan fingerprint density at radius 2 is 2.21 bits per heavy atom. The summed E-state index contributed by atoms with van der Waals surface area (Å²) in [4.78, 5) is 8.63. The van der Waals surface area contributed by atoms with Gasteiger partial charge in [0.25, 0.3) is 0 Å². The van der Waals surface area contributed by atoms with Crippen molar-refractivity contribution >= 4 is 11.3 Å². The SMILES string of the molecule is CCc1cnc(CN2CCCNC3(CCCC3)C2)s1. The van der Waals surface area contributed by atoms with Gasteiger partial charge in [0.15, 0.2) is 0 Å². The minimum absolute atomic E-state index is 0.418. The van der Waals surface area contributed by atoms with E-state index in [0.29, 0.717) is 5.54 Å². The molecule has 1 aromatic heterocycles. The molecule has 19 heavy (non-hydrogen) atoms. The van der Waals surface area contributed by atoms with E-state index in [1.54, 1.807) is 0 Å². The summed E-state index contributed by atoms with van der Waals surface area (Å²) in [5.74, 6) is 0. The van der Waals surface area contributed by atoms with Gasteiger partial charge < -0.3 is 5.32 Å². The third-order valence-corrected chi connectivity index (χ3v) is 5.67. The zero-order valence-corrected chi connectivity index (χ0v) is 12.8. The molecule has 1 saturated carbocycles. The van der Waals surface area contributed by atoms with Gasteiger partial charge in [0.05, 0.1) is 6.54 Å². The van der Waals surface area contributed by atoms with Crippen LogP contribution in [0.2, 0.25) is 0 Å². The molecule has 1 spiro atoms. The van der Waals surface area contributed by atoms with Gasteiger partial charge in [-0.15, -0.1) is 11.3 Å². The summed E-state index contributed by atoms with van der Waals surface area (Å²) in [6.45, 7) is 6.88. The van der Waals surface area contributed by atoms with Crippen molar-refractivity contribution in [2.24, 2.45) is 0 Å². The number of nitrogens with zero attached hydrogens (tertiary/aromatic N) is 2. The van der Waals surface area contributed by atoms with Crippen molar-refractivity contribution in [3.63, 3.8) is 0 Å². The molecular formula is C15H25N3S. The Morgan fingerprint density at radius 3 is 2.95 bits per heavy atom. The van der Waals surface area contributed by atoms with E-state index in [9.17, 15) is 0 Å². The Kier molecular flexibility index (Phi) is 4.20. The third kappa shape index (κ3) is 3.18. The first-order valence-electron chi connectivity index (χ1n) is 7.71. The Bertz CT molecular complexity index is 409. The molecule has 2 fully saturated rings. The first-order valence-corrected chi connectivity index (χ1v) is 8.52. The highest BCUT2D eigenvalue weighted by Gasteiger charge is 2.36. The van der Waals surface area contributed by atoms with Crippen LogP contribution >= 0.6 is 11.3 Å². The van der Waals surface area contributed by atoms with Crippen LogP contribution in [0, 0.1) is 0 Å². The molecule has 4 heteroatoms. The first kappa shape index (κ1) is 13.5. The molecule has 2 aliphatic rings. The number of aryl methyl sites for hydroxylation is 1. The van der Waals surface area contributed by atoms with E-state index in [1.807, 2.05) is 11.3 Å². The second-order valence-electron chi connectivity index (χ2n) is 6.05. The predicted molar refractivity (Wildman–Crippen MR) is 80.6 cm³/mol. The fourth-order valence-corrected chi connectivity index (χ4v) is 4.42. The van der Waals surface area contributed by atoms with Crippen molar-refractivity contribution in [1.29, 1.82) is 0 Å². The van der Waals surface area contributed by atoms with Crippen LogP contribution in [0.4, 0.5) is 0 Å². The topological polar surface area (TPSA) is 28.2 Å². The van der Waals surface area contributed by atoms with Crippen molar-refractivity contribution in [2.75, 3.05) is 19.6 Å².